The molecule has 0 radical (unpaired) electrons. The number of rotatable bonds is 1. The first kappa shape index (κ1) is 12.0. The van der Waals surface area contributed by atoms with Crippen LogP contribution in [0.2, 0.25) is 0 Å². The number of carbonyl (C=O) groups is 2. The number of quaternary nitrogens is 1. The van der Waals surface area contributed by atoms with Gasteiger partial charge < -0.3 is 5.11 Å². The second-order valence-electron chi connectivity index (χ2n) is 4.44. The first-order valence-electron chi connectivity index (χ1n) is 4.31. The Hall–Kier alpha value is 0.540. The number of alkyl halides is 3. The second kappa shape index (κ2) is 2.86. The zero-order chi connectivity index (χ0) is 11.8. The van der Waals surface area contributed by atoms with Gasteiger partial charge in [-0.05, 0) is 61.6 Å². The molecule has 15 heavy (non-hydrogen) atoms. The maximum atomic E-state index is 12.0. The van der Waals surface area contributed by atoms with Gasteiger partial charge in [-0.3, -0.25) is 0 Å². The van der Waals surface area contributed by atoms with E-state index in [0.717, 1.165) is 0 Å². The molecule has 2 fully saturated rings. The summed E-state index contributed by atoms with van der Waals surface area (Å²) in [5.74, 6) is -1.06. The van der Waals surface area contributed by atoms with Crippen molar-refractivity contribution in [3.05, 3.63) is 0 Å². The summed E-state index contributed by atoms with van der Waals surface area (Å²) in [6.07, 6.45) is 0. The van der Waals surface area contributed by atoms with Gasteiger partial charge in [0.05, 0.1) is 0 Å². The third-order valence-corrected chi connectivity index (χ3v) is 7.58. The lowest BCUT2D eigenvalue weighted by atomic mass is 10.1. The van der Waals surface area contributed by atoms with Crippen LogP contribution in [0.5, 0.6) is 0 Å². The fourth-order valence-corrected chi connectivity index (χ4v) is 5.00. The Kier molecular flexibility index (Phi) is 2.29. The van der Waals surface area contributed by atoms with Crippen LogP contribution >= 0.6 is 47.8 Å². The Morgan fingerprint density at radius 3 is 2.20 bits per heavy atom. The Balaban J connectivity index is 2.42. The molecule has 2 aliphatic rings. The van der Waals surface area contributed by atoms with E-state index in [1.165, 1.54) is 0 Å². The van der Waals surface area contributed by atoms with Crippen LogP contribution in [0.4, 0.5) is 0 Å². The average Bonchev–Trinajstić information content (AvgIpc) is 2.63. The summed E-state index contributed by atoms with van der Waals surface area (Å²) in [5.41, 5.74) is -0.540. The highest BCUT2D eigenvalue weighted by molar-refractivity contribution is 9.26. The Bertz CT molecular complexity index is 381. The standard InChI is InChI=1S/C8H8Br3NO3/c1-7(2)3(4(13)14)12(7)5(9)8(10,11)6(12)15/h3,5H,1-2H3/p+1. The number of hydrogen-bond donors (Lipinski definition) is 1. The molecule has 0 bridgehead atoms. The van der Waals surface area contributed by atoms with Gasteiger partial charge in [-0.25, -0.2) is 14.1 Å². The van der Waals surface area contributed by atoms with Gasteiger partial charge in [-0.2, -0.15) is 0 Å². The van der Waals surface area contributed by atoms with Crippen LogP contribution in [0.25, 0.3) is 0 Å². The monoisotopic (exact) mass is 404 g/mol. The zero-order valence-electron chi connectivity index (χ0n) is 8.00. The Morgan fingerprint density at radius 2 is 1.93 bits per heavy atom. The molecule has 0 aromatic heterocycles. The average molecular weight is 407 g/mol. The third kappa shape index (κ3) is 1.01. The van der Waals surface area contributed by atoms with E-state index in [2.05, 4.69) is 47.8 Å². The molecule has 0 aliphatic carbocycles. The molecular weight excluding hydrogens is 398 g/mol. The molecular formula is C8H9Br3NO3+. The number of nitrogens with zero attached hydrogens (tertiary/aromatic N) is 1. The van der Waals surface area contributed by atoms with E-state index in [1.54, 1.807) is 13.8 Å². The minimum Gasteiger partial charge on any atom is -0.477 e. The van der Waals surface area contributed by atoms with Crippen molar-refractivity contribution < 1.29 is 19.2 Å². The summed E-state index contributed by atoms with van der Waals surface area (Å²) < 4.78 is -0.861. The number of β-lactam (4-membered cyclic amide) rings is 1. The number of aliphatic carboxylic acids is 1. The molecule has 84 valence electrons. The molecule has 2 aliphatic heterocycles. The molecule has 3 atom stereocenters. The van der Waals surface area contributed by atoms with Gasteiger partial charge >= 0.3 is 11.9 Å². The van der Waals surface area contributed by atoms with Gasteiger partial charge in [-0.1, -0.05) is 0 Å². The Labute approximate surface area is 112 Å². The van der Waals surface area contributed by atoms with E-state index in [9.17, 15) is 9.59 Å². The zero-order valence-corrected chi connectivity index (χ0v) is 12.8. The van der Waals surface area contributed by atoms with E-state index >= 15 is 0 Å². The van der Waals surface area contributed by atoms with Crippen molar-refractivity contribution in [3.63, 3.8) is 0 Å². The molecule has 3 unspecified atom stereocenters. The van der Waals surface area contributed by atoms with Crippen LogP contribution in [0.3, 0.4) is 0 Å². The molecule has 1 amide bonds. The van der Waals surface area contributed by atoms with E-state index < -0.39 is 20.8 Å². The summed E-state index contributed by atoms with van der Waals surface area (Å²) in [6, 6.07) is -0.655. The van der Waals surface area contributed by atoms with E-state index in [-0.39, 0.29) is 15.3 Å². The quantitative estimate of drug-likeness (QED) is 0.237. The van der Waals surface area contributed by atoms with Crippen molar-refractivity contribution in [2.45, 2.75) is 33.6 Å². The molecule has 2 rings (SSSR count). The lowest BCUT2D eigenvalue weighted by molar-refractivity contribution is -0.795. The minimum atomic E-state index is -0.923. The van der Waals surface area contributed by atoms with E-state index in [1.807, 2.05) is 0 Å². The lowest BCUT2D eigenvalue weighted by Crippen LogP contribution is -2.71. The van der Waals surface area contributed by atoms with Crippen LogP contribution in [0.1, 0.15) is 13.8 Å². The number of carbonyl (C=O) groups excluding carboxylic acids is 1. The fraction of sp³-hybridized carbons (Fsp3) is 0.750. The van der Waals surface area contributed by atoms with Gasteiger partial charge in [0.2, 0.25) is 0 Å². The van der Waals surface area contributed by atoms with Crippen molar-refractivity contribution in [2.75, 3.05) is 0 Å². The highest BCUT2D eigenvalue weighted by atomic mass is 79.9. The van der Waals surface area contributed by atoms with Gasteiger partial charge in [0.15, 0.2) is 10.5 Å². The summed E-state index contributed by atoms with van der Waals surface area (Å²) in [6.45, 7) is 3.60. The molecule has 1 spiro atoms. The van der Waals surface area contributed by atoms with E-state index in [4.69, 9.17) is 5.11 Å². The van der Waals surface area contributed by atoms with E-state index in [0.29, 0.717) is 0 Å². The Morgan fingerprint density at radius 1 is 1.47 bits per heavy atom. The first-order chi connectivity index (χ1) is 6.62. The van der Waals surface area contributed by atoms with Gasteiger partial charge in [0.1, 0.15) is 0 Å². The van der Waals surface area contributed by atoms with Crippen molar-refractivity contribution in [2.24, 2.45) is 0 Å². The molecule has 0 aromatic rings. The highest BCUT2D eigenvalue weighted by Crippen LogP contribution is 2.68. The maximum Gasteiger partial charge on any atom is 0.369 e. The fourth-order valence-electron chi connectivity index (χ4n) is 2.62. The van der Waals surface area contributed by atoms with Crippen LogP contribution in [0.15, 0.2) is 0 Å². The molecule has 0 saturated carbocycles. The topological polar surface area (TPSA) is 54.4 Å². The predicted octanol–water partition coefficient (Wildman–Crippen LogP) is 1.80. The number of carboxylic acids is 1. The summed E-state index contributed by atoms with van der Waals surface area (Å²) in [4.78, 5) is 22.8. The number of amides is 1. The molecule has 2 saturated heterocycles. The van der Waals surface area contributed by atoms with Crippen molar-refractivity contribution in [1.82, 2.24) is 0 Å². The molecule has 4 nitrogen and oxygen atoms in total. The van der Waals surface area contributed by atoms with Crippen molar-refractivity contribution in [1.29, 1.82) is 0 Å². The smallest absolute Gasteiger partial charge is 0.369 e. The van der Waals surface area contributed by atoms with Gasteiger partial charge in [-0.15, -0.1) is 0 Å². The van der Waals surface area contributed by atoms with Crippen molar-refractivity contribution in [3.8, 4) is 0 Å². The minimum absolute atomic E-state index is 0.0289. The van der Waals surface area contributed by atoms with Crippen LogP contribution < -0.4 is 0 Å². The second-order valence-corrected chi connectivity index (χ2v) is 8.87. The van der Waals surface area contributed by atoms with Gasteiger partial charge in [0.25, 0.3) is 9.28 Å². The summed E-state index contributed by atoms with van der Waals surface area (Å²) in [7, 11) is 0. The number of carboxylic acid groups (broad SMARTS) is 1. The molecule has 7 heteroatoms. The SMILES string of the molecule is CC1(C)C(C(=O)O)[N+]12C(=O)C(Br)(Br)C2Br. The van der Waals surface area contributed by atoms with Gasteiger partial charge in [0, 0.05) is 0 Å². The summed E-state index contributed by atoms with van der Waals surface area (Å²) in [5, 5.41) is 9.08. The number of hydrogen-bond acceptors (Lipinski definition) is 2. The van der Waals surface area contributed by atoms with Crippen LogP contribution in [-0.2, 0) is 9.59 Å². The number of halogens is 3. The summed E-state index contributed by atoms with van der Waals surface area (Å²) >= 11 is 9.89. The maximum absolute atomic E-state index is 12.0. The van der Waals surface area contributed by atoms with Crippen molar-refractivity contribution >= 4 is 59.7 Å². The largest absolute Gasteiger partial charge is 0.477 e. The lowest BCUT2D eigenvalue weighted by Gasteiger charge is -2.44. The highest BCUT2D eigenvalue weighted by Gasteiger charge is 2.94. The predicted molar refractivity (Wildman–Crippen MR) is 64.1 cm³/mol. The third-order valence-electron chi connectivity index (χ3n) is 3.47. The van der Waals surface area contributed by atoms with Crippen LogP contribution in [0, 0.1) is 0 Å². The normalized spacial score (nSPS) is 45.0. The van der Waals surface area contributed by atoms with Crippen LogP contribution in [-0.4, -0.2) is 41.2 Å². The first-order valence-corrected chi connectivity index (χ1v) is 6.81. The molecule has 0 aromatic carbocycles. The molecule has 1 N–H and O–H groups in total. The molecule has 2 heterocycles.